The van der Waals surface area contributed by atoms with Crippen LogP contribution in [-0.4, -0.2) is 31.6 Å². The molecule has 0 amide bonds. The van der Waals surface area contributed by atoms with E-state index in [1.807, 2.05) is 0 Å². The molecule has 1 aromatic carbocycles. The minimum absolute atomic E-state index is 0.334. The van der Waals surface area contributed by atoms with Crippen LogP contribution in [0.3, 0.4) is 0 Å². The number of rotatable bonds is 3. The number of hydrogen-bond donors (Lipinski definition) is 1. The van der Waals surface area contributed by atoms with Gasteiger partial charge in [0.25, 0.3) is 0 Å². The van der Waals surface area contributed by atoms with Crippen LogP contribution in [0.25, 0.3) is 0 Å². The zero-order chi connectivity index (χ0) is 11.9. The second-order valence-electron chi connectivity index (χ2n) is 5.86. The summed E-state index contributed by atoms with van der Waals surface area (Å²) >= 11 is 0. The van der Waals surface area contributed by atoms with Crippen molar-refractivity contribution in [1.82, 2.24) is 4.90 Å². The van der Waals surface area contributed by atoms with Gasteiger partial charge < -0.3 is 10.6 Å². The molecule has 0 radical (unpaired) electrons. The molecule has 0 bridgehead atoms. The molecule has 1 aromatic rings. The summed E-state index contributed by atoms with van der Waals surface area (Å²) in [5.41, 5.74) is 9.25. The van der Waals surface area contributed by atoms with Crippen LogP contribution in [-0.2, 0) is 5.41 Å². The Bertz CT molecular complexity index is 409. The first-order valence-corrected chi connectivity index (χ1v) is 6.73. The standard InChI is InChI=1S/C15H22N2/c1-17-8-5-13(10-17)12-3-2-4-14(9-12)15(11-16)6-7-15/h2-4,9,13H,5-8,10-11,16H2,1H3. The topological polar surface area (TPSA) is 29.3 Å². The third kappa shape index (κ3) is 2.00. The maximum atomic E-state index is 5.92. The molecular weight excluding hydrogens is 208 g/mol. The van der Waals surface area contributed by atoms with Gasteiger partial charge in [0.2, 0.25) is 0 Å². The predicted octanol–water partition coefficient (Wildman–Crippen LogP) is 2.10. The SMILES string of the molecule is CN1CCC(c2cccc(C3(CN)CC3)c2)C1. The Morgan fingerprint density at radius 2 is 2.24 bits per heavy atom. The predicted molar refractivity (Wildman–Crippen MR) is 71.3 cm³/mol. The average Bonchev–Trinajstić information content (AvgIpc) is 3.06. The molecule has 2 heteroatoms. The highest BCUT2D eigenvalue weighted by molar-refractivity contribution is 5.36. The van der Waals surface area contributed by atoms with Crippen molar-refractivity contribution < 1.29 is 0 Å². The molecule has 1 atom stereocenters. The lowest BCUT2D eigenvalue weighted by Crippen LogP contribution is -2.20. The molecule has 0 spiro atoms. The largest absolute Gasteiger partial charge is 0.330 e. The molecule has 1 saturated carbocycles. The molecule has 2 N–H and O–H groups in total. The van der Waals surface area contributed by atoms with Gasteiger partial charge in [-0.05, 0) is 49.9 Å². The Labute approximate surface area is 104 Å². The molecule has 2 nitrogen and oxygen atoms in total. The van der Waals surface area contributed by atoms with Gasteiger partial charge in [-0.3, -0.25) is 0 Å². The highest BCUT2D eigenvalue weighted by Gasteiger charge is 2.42. The van der Waals surface area contributed by atoms with Crippen molar-refractivity contribution in [3.05, 3.63) is 35.4 Å². The summed E-state index contributed by atoms with van der Waals surface area (Å²) in [7, 11) is 2.21. The van der Waals surface area contributed by atoms with Crippen molar-refractivity contribution in [2.45, 2.75) is 30.6 Å². The number of likely N-dealkylation sites (tertiary alicyclic amines) is 1. The molecule has 17 heavy (non-hydrogen) atoms. The van der Waals surface area contributed by atoms with Crippen molar-refractivity contribution in [3.63, 3.8) is 0 Å². The number of hydrogen-bond acceptors (Lipinski definition) is 2. The second-order valence-corrected chi connectivity index (χ2v) is 5.86. The Kier molecular flexibility index (Phi) is 2.72. The van der Waals surface area contributed by atoms with Crippen molar-refractivity contribution in [2.24, 2.45) is 5.73 Å². The summed E-state index contributed by atoms with van der Waals surface area (Å²) in [5, 5.41) is 0. The number of likely N-dealkylation sites (N-methyl/N-ethyl adjacent to an activating group) is 1. The van der Waals surface area contributed by atoms with E-state index in [0.717, 1.165) is 12.5 Å². The summed E-state index contributed by atoms with van der Waals surface area (Å²) in [5.74, 6) is 0.730. The lowest BCUT2D eigenvalue weighted by Gasteiger charge is -2.17. The van der Waals surface area contributed by atoms with Crippen LogP contribution < -0.4 is 5.73 Å². The van der Waals surface area contributed by atoms with Gasteiger partial charge in [-0.2, -0.15) is 0 Å². The van der Waals surface area contributed by atoms with E-state index in [4.69, 9.17) is 5.73 Å². The van der Waals surface area contributed by atoms with Gasteiger partial charge in [0, 0.05) is 18.5 Å². The molecule has 3 rings (SSSR count). The van der Waals surface area contributed by atoms with E-state index in [0.29, 0.717) is 5.41 Å². The first-order valence-electron chi connectivity index (χ1n) is 6.73. The van der Waals surface area contributed by atoms with Crippen LogP contribution in [0.4, 0.5) is 0 Å². The van der Waals surface area contributed by atoms with Gasteiger partial charge >= 0.3 is 0 Å². The van der Waals surface area contributed by atoms with E-state index in [1.165, 1.54) is 43.5 Å². The van der Waals surface area contributed by atoms with Crippen molar-refractivity contribution in [1.29, 1.82) is 0 Å². The molecule has 1 heterocycles. The monoisotopic (exact) mass is 230 g/mol. The van der Waals surface area contributed by atoms with Crippen LogP contribution in [0.1, 0.15) is 36.3 Å². The smallest absolute Gasteiger partial charge is 0.00763 e. The Morgan fingerprint density at radius 3 is 2.82 bits per heavy atom. The Balaban J connectivity index is 1.84. The number of benzene rings is 1. The summed E-state index contributed by atoms with van der Waals surface area (Å²) in [6.07, 6.45) is 3.85. The molecule has 0 aromatic heterocycles. The van der Waals surface area contributed by atoms with E-state index in [1.54, 1.807) is 0 Å². The zero-order valence-electron chi connectivity index (χ0n) is 10.7. The maximum Gasteiger partial charge on any atom is 0.00763 e. The minimum atomic E-state index is 0.334. The first-order chi connectivity index (χ1) is 8.23. The summed E-state index contributed by atoms with van der Waals surface area (Å²) < 4.78 is 0. The molecule has 2 aliphatic rings. The number of nitrogens with two attached hydrogens (primary N) is 1. The van der Waals surface area contributed by atoms with E-state index in [2.05, 4.69) is 36.2 Å². The maximum absolute atomic E-state index is 5.92. The van der Waals surface area contributed by atoms with Crippen molar-refractivity contribution >= 4 is 0 Å². The Hall–Kier alpha value is -0.860. The second kappa shape index (κ2) is 4.11. The minimum Gasteiger partial charge on any atom is -0.330 e. The Morgan fingerprint density at radius 1 is 1.41 bits per heavy atom. The van der Waals surface area contributed by atoms with E-state index >= 15 is 0 Å². The van der Waals surface area contributed by atoms with Gasteiger partial charge in [0.05, 0.1) is 0 Å². The van der Waals surface area contributed by atoms with Gasteiger partial charge in [0.1, 0.15) is 0 Å². The third-order valence-corrected chi connectivity index (χ3v) is 4.61. The van der Waals surface area contributed by atoms with Crippen LogP contribution in [0, 0.1) is 0 Å². The fourth-order valence-corrected chi connectivity index (χ4v) is 3.09. The van der Waals surface area contributed by atoms with Gasteiger partial charge in [-0.1, -0.05) is 24.3 Å². The zero-order valence-corrected chi connectivity index (χ0v) is 10.7. The fourth-order valence-electron chi connectivity index (χ4n) is 3.09. The lowest BCUT2D eigenvalue weighted by atomic mass is 9.90. The summed E-state index contributed by atoms with van der Waals surface area (Å²) in [4.78, 5) is 2.42. The molecule has 1 saturated heterocycles. The molecule has 1 aliphatic heterocycles. The van der Waals surface area contributed by atoms with Gasteiger partial charge in [0.15, 0.2) is 0 Å². The summed E-state index contributed by atoms with van der Waals surface area (Å²) in [6, 6.07) is 9.20. The van der Waals surface area contributed by atoms with Crippen molar-refractivity contribution in [3.8, 4) is 0 Å². The molecule has 2 fully saturated rings. The lowest BCUT2D eigenvalue weighted by molar-refractivity contribution is 0.411. The number of nitrogens with zero attached hydrogens (tertiary/aromatic N) is 1. The van der Waals surface area contributed by atoms with E-state index in [9.17, 15) is 0 Å². The fraction of sp³-hybridized carbons (Fsp3) is 0.600. The molecule has 1 aliphatic carbocycles. The highest BCUT2D eigenvalue weighted by atomic mass is 15.1. The first kappa shape index (κ1) is 11.2. The van der Waals surface area contributed by atoms with Crippen LogP contribution in [0.5, 0.6) is 0 Å². The highest BCUT2D eigenvalue weighted by Crippen LogP contribution is 2.47. The molecule has 92 valence electrons. The van der Waals surface area contributed by atoms with Gasteiger partial charge in [-0.25, -0.2) is 0 Å². The average molecular weight is 230 g/mol. The van der Waals surface area contributed by atoms with Crippen LogP contribution in [0.2, 0.25) is 0 Å². The van der Waals surface area contributed by atoms with E-state index < -0.39 is 0 Å². The quantitative estimate of drug-likeness (QED) is 0.861. The van der Waals surface area contributed by atoms with Gasteiger partial charge in [-0.15, -0.1) is 0 Å². The molecular formula is C15H22N2. The van der Waals surface area contributed by atoms with Crippen LogP contribution in [0.15, 0.2) is 24.3 Å². The molecule has 1 unspecified atom stereocenters. The normalized spacial score (nSPS) is 27.3. The third-order valence-electron chi connectivity index (χ3n) is 4.61. The summed E-state index contributed by atoms with van der Waals surface area (Å²) in [6.45, 7) is 3.25. The van der Waals surface area contributed by atoms with Crippen molar-refractivity contribution in [2.75, 3.05) is 26.7 Å². The van der Waals surface area contributed by atoms with E-state index in [-0.39, 0.29) is 0 Å². The van der Waals surface area contributed by atoms with Crippen LogP contribution >= 0.6 is 0 Å².